The van der Waals surface area contributed by atoms with E-state index in [-0.39, 0.29) is 6.04 Å². The number of rotatable bonds is 6. The van der Waals surface area contributed by atoms with Crippen LogP contribution in [-0.4, -0.2) is 22.6 Å². The number of hydrogen-bond donors (Lipinski definition) is 1. The molecule has 0 aliphatic heterocycles. The first-order valence-corrected chi connectivity index (χ1v) is 9.83. The van der Waals surface area contributed by atoms with E-state index in [9.17, 15) is 8.42 Å². The highest BCUT2D eigenvalue weighted by molar-refractivity contribution is 7.89. The fourth-order valence-corrected chi connectivity index (χ4v) is 4.46. The van der Waals surface area contributed by atoms with Crippen molar-refractivity contribution in [3.63, 3.8) is 0 Å². The van der Waals surface area contributed by atoms with E-state index >= 15 is 0 Å². The molecule has 1 N–H and O–H groups in total. The minimum absolute atomic E-state index is 0.259. The van der Waals surface area contributed by atoms with Crippen molar-refractivity contribution < 1.29 is 17.9 Å². The van der Waals surface area contributed by atoms with Gasteiger partial charge in [0, 0.05) is 6.04 Å². The molecule has 134 valence electrons. The minimum Gasteiger partial charge on any atom is -0.493 e. The van der Waals surface area contributed by atoms with E-state index in [1.807, 2.05) is 31.2 Å². The molecule has 0 fully saturated rings. The Balaban J connectivity index is 1.87. The molecule has 1 atom stereocenters. The lowest BCUT2D eigenvalue weighted by Crippen LogP contribution is -2.27. The lowest BCUT2D eigenvalue weighted by Gasteiger charge is -2.16. The third-order valence-corrected chi connectivity index (χ3v) is 6.15. The second-order valence-electron chi connectivity index (χ2n) is 6.12. The van der Waals surface area contributed by atoms with Crippen molar-refractivity contribution in [3.05, 3.63) is 53.1 Å². The lowest BCUT2D eigenvalue weighted by atomic mass is 10.1. The molecule has 0 saturated carbocycles. The number of benzene rings is 2. The van der Waals surface area contributed by atoms with E-state index in [2.05, 4.69) is 4.72 Å². The van der Waals surface area contributed by atoms with Gasteiger partial charge in [-0.1, -0.05) is 19.1 Å². The summed E-state index contributed by atoms with van der Waals surface area (Å²) in [6.07, 6.45) is 2.40. The summed E-state index contributed by atoms with van der Waals surface area (Å²) in [6.45, 7) is 2.04. The van der Waals surface area contributed by atoms with Gasteiger partial charge in [0.2, 0.25) is 10.0 Å². The molecular weight excluding hydrogens is 338 g/mol. The Kier molecular flexibility index (Phi) is 5.01. The van der Waals surface area contributed by atoms with E-state index in [1.54, 1.807) is 26.4 Å². The monoisotopic (exact) mass is 361 g/mol. The Hall–Kier alpha value is -2.05. The zero-order valence-electron chi connectivity index (χ0n) is 14.7. The molecule has 0 saturated heterocycles. The third-order valence-electron chi connectivity index (χ3n) is 4.66. The molecule has 5 nitrogen and oxygen atoms in total. The van der Waals surface area contributed by atoms with Gasteiger partial charge in [0.1, 0.15) is 0 Å². The molecule has 1 aliphatic carbocycles. The van der Waals surface area contributed by atoms with E-state index in [1.165, 1.54) is 0 Å². The predicted octanol–water partition coefficient (Wildman–Crippen LogP) is 3.23. The summed E-state index contributed by atoms with van der Waals surface area (Å²) < 4.78 is 38.9. The fourth-order valence-electron chi connectivity index (χ4n) is 3.22. The van der Waals surface area contributed by atoms with Crippen LogP contribution in [-0.2, 0) is 22.9 Å². The highest BCUT2D eigenvalue weighted by atomic mass is 32.2. The van der Waals surface area contributed by atoms with Crippen LogP contribution in [0.4, 0.5) is 0 Å². The standard InChI is InChI=1S/C19H23NO4S/c1-4-13-5-8-15(9-6-13)25(21,22)20-17-10-7-14-11-18(23-2)19(24-3)12-16(14)17/h5-6,8-9,11-12,17,20H,4,7,10H2,1-3H3. The second kappa shape index (κ2) is 7.06. The van der Waals surface area contributed by atoms with Crippen molar-refractivity contribution in [1.82, 2.24) is 4.72 Å². The molecule has 0 bridgehead atoms. The molecule has 0 heterocycles. The van der Waals surface area contributed by atoms with Crippen LogP contribution in [0, 0.1) is 0 Å². The van der Waals surface area contributed by atoms with Gasteiger partial charge in [0.05, 0.1) is 19.1 Å². The summed E-state index contributed by atoms with van der Waals surface area (Å²) in [7, 11) is -0.395. The van der Waals surface area contributed by atoms with E-state index < -0.39 is 10.0 Å². The van der Waals surface area contributed by atoms with Gasteiger partial charge >= 0.3 is 0 Å². The number of ether oxygens (including phenoxy) is 2. The highest BCUT2D eigenvalue weighted by Gasteiger charge is 2.29. The summed E-state index contributed by atoms with van der Waals surface area (Å²) >= 11 is 0. The van der Waals surface area contributed by atoms with Gasteiger partial charge in [0.25, 0.3) is 0 Å². The Morgan fingerprint density at radius 1 is 1.08 bits per heavy atom. The predicted molar refractivity (Wildman–Crippen MR) is 96.7 cm³/mol. The summed E-state index contributed by atoms with van der Waals surface area (Å²) in [5.41, 5.74) is 3.15. The molecule has 1 unspecified atom stereocenters. The van der Waals surface area contributed by atoms with E-state index in [0.29, 0.717) is 16.4 Å². The minimum atomic E-state index is -3.57. The van der Waals surface area contributed by atoms with Crippen LogP contribution in [0.15, 0.2) is 41.3 Å². The van der Waals surface area contributed by atoms with E-state index in [0.717, 1.165) is 36.0 Å². The molecule has 2 aromatic carbocycles. The summed E-state index contributed by atoms with van der Waals surface area (Å²) in [6, 6.07) is 10.6. The van der Waals surface area contributed by atoms with Crippen LogP contribution in [0.5, 0.6) is 11.5 Å². The van der Waals surface area contributed by atoms with Crippen molar-refractivity contribution in [2.75, 3.05) is 14.2 Å². The molecule has 6 heteroatoms. The number of sulfonamides is 1. The Bertz CT molecular complexity index is 860. The van der Waals surface area contributed by atoms with Gasteiger partial charge in [-0.15, -0.1) is 0 Å². The smallest absolute Gasteiger partial charge is 0.241 e. The summed E-state index contributed by atoms with van der Waals surface area (Å²) in [4.78, 5) is 0.290. The van der Waals surface area contributed by atoms with Gasteiger partial charge in [-0.05, 0) is 60.2 Å². The maximum absolute atomic E-state index is 12.7. The Morgan fingerprint density at radius 2 is 1.72 bits per heavy atom. The fraction of sp³-hybridized carbons (Fsp3) is 0.368. The zero-order valence-corrected chi connectivity index (χ0v) is 15.5. The number of aryl methyl sites for hydroxylation is 2. The molecule has 0 radical (unpaired) electrons. The number of nitrogens with one attached hydrogen (secondary N) is 1. The van der Waals surface area contributed by atoms with Gasteiger partial charge in [-0.2, -0.15) is 0 Å². The third kappa shape index (κ3) is 3.50. The summed E-state index contributed by atoms with van der Waals surface area (Å²) in [5, 5.41) is 0. The maximum atomic E-state index is 12.7. The van der Waals surface area contributed by atoms with Crippen LogP contribution < -0.4 is 14.2 Å². The first-order valence-electron chi connectivity index (χ1n) is 8.34. The van der Waals surface area contributed by atoms with Crippen molar-refractivity contribution in [1.29, 1.82) is 0 Å². The van der Waals surface area contributed by atoms with Crippen molar-refractivity contribution in [3.8, 4) is 11.5 Å². The second-order valence-corrected chi connectivity index (χ2v) is 7.83. The van der Waals surface area contributed by atoms with Crippen LogP contribution in [0.2, 0.25) is 0 Å². The quantitative estimate of drug-likeness (QED) is 0.858. The normalized spacial score (nSPS) is 16.5. The van der Waals surface area contributed by atoms with E-state index in [4.69, 9.17) is 9.47 Å². The van der Waals surface area contributed by atoms with Crippen LogP contribution in [0.3, 0.4) is 0 Å². The van der Waals surface area contributed by atoms with Gasteiger partial charge in [0.15, 0.2) is 11.5 Å². The van der Waals surface area contributed by atoms with Gasteiger partial charge < -0.3 is 9.47 Å². The SMILES string of the molecule is CCc1ccc(S(=O)(=O)NC2CCc3cc(OC)c(OC)cc32)cc1. The number of hydrogen-bond acceptors (Lipinski definition) is 4. The average molecular weight is 361 g/mol. The molecule has 0 amide bonds. The first-order chi connectivity index (χ1) is 12.0. The molecular formula is C19H23NO4S. The molecule has 1 aliphatic rings. The Morgan fingerprint density at radius 3 is 2.32 bits per heavy atom. The van der Waals surface area contributed by atoms with Crippen LogP contribution in [0.1, 0.15) is 36.1 Å². The average Bonchev–Trinajstić information content (AvgIpc) is 3.01. The van der Waals surface area contributed by atoms with Crippen LogP contribution in [0.25, 0.3) is 0 Å². The van der Waals surface area contributed by atoms with Gasteiger partial charge in [-0.3, -0.25) is 0 Å². The molecule has 3 rings (SSSR count). The molecule has 0 spiro atoms. The molecule has 2 aromatic rings. The first kappa shape index (κ1) is 17.8. The van der Waals surface area contributed by atoms with Crippen molar-refractivity contribution >= 4 is 10.0 Å². The number of methoxy groups -OCH3 is 2. The Labute approximate surface area is 149 Å². The summed E-state index contributed by atoms with van der Waals surface area (Å²) in [5.74, 6) is 1.28. The van der Waals surface area contributed by atoms with Crippen molar-refractivity contribution in [2.24, 2.45) is 0 Å². The lowest BCUT2D eigenvalue weighted by molar-refractivity contribution is 0.354. The zero-order chi connectivity index (χ0) is 18.0. The maximum Gasteiger partial charge on any atom is 0.241 e. The largest absolute Gasteiger partial charge is 0.493 e. The highest BCUT2D eigenvalue weighted by Crippen LogP contribution is 2.39. The number of fused-ring (bicyclic) bond motifs is 1. The van der Waals surface area contributed by atoms with Crippen LogP contribution >= 0.6 is 0 Å². The molecule has 25 heavy (non-hydrogen) atoms. The van der Waals surface area contributed by atoms with Gasteiger partial charge in [-0.25, -0.2) is 13.1 Å². The topological polar surface area (TPSA) is 64.6 Å². The van der Waals surface area contributed by atoms with Crippen molar-refractivity contribution in [2.45, 2.75) is 37.1 Å². The molecule has 0 aromatic heterocycles.